The molecular weight excluding hydrogens is 525 g/mol. The molecule has 0 spiro atoms. The predicted octanol–water partition coefficient (Wildman–Crippen LogP) is 8.81. The maximum absolute atomic E-state index is 6.67. The van der Waals surface area contributed by atoms with Crippen molar-refractivity contribution in [1.29, 1.82) is 0 Å². The van der Waals surface area contributed by atoms with Crippen molar-refractivity contribution in [1.82, 2.24) is 15.0 Å². The first-order valence-corrected chi connectivity index (χ1v) is 13.8. The van der Waals surface area contributed by atoms with Crippen LogP contribution >= 0.6 is 35.1 Å². The van der Waals surface area contributed by atoms with Gasteiger partial charge >= 0.3 is 0 Å². The second kappa shape index (κ2) is 12.0. The molecule has 6 nitrogen and oxygen atoms in total. The zero-order valence-corrected chi connectivity index (χ0v) is 22.7. The number of pyridine rings is 1. The molecule has 0 radical (unpaired) electrons. The quantitative estimate of drug-likeness (QED) is 0.212. The van der Waals surface area contributed by atoms with E-state index >= 15 is 0 Å². The maximum atomic E-state index is 6.67. The molecule has 5 rings (SSSR count). The molecule has 1 fully saturated rings. The van der Waals surface area contributed by atoms with Gasteiger partial charge in [-0.3, -0.25) is 0 Å². The Kier molecular flexibility index (Phi) is 8.34. The van der Waals surface area contributed by atoms with Crippen molar-refractivity contribution in [2.24, 2.45) is 0 Å². The fraction of sp³-hybridized carbons (Fsp3) is 0.250. The number of rotatable bonds is 8. The summed E-state index contributed by atoms with van der Waals surface area (Å²) in [6, 6.07) is 17.6. The summed E-state index contributed by atoms with van der Waals surface area (Å²) in [5.41, 5.74) is 3.21. The summed E-state index contributed by atoms with van der Waals surface area (Å²) in [6.45, 7) is 1.95. The van der Waals surface area contributed by atoms with Gasteiger partial charge in [-0.2, -0.15) is 0 Å². The highest BCUT2D eigenvalue weighted by molar-refractivity contribution is 8.00. The minimum Gasteiger partial charge on any atom is -0.436 e. The summed E-state index contributed by atoms with van der Waals surface area (Å²) in [6.07, 6.45) is 9.54. The van der Waals surface area contributed by atoms with Gasteiger partial charge in [-0.25, -0.2) is 15.0 Å². The van der Waals surface area contributed by atoms with Crippen LogP contribution in [0.3, 0.4) is 0 Å². The van der Waals surface area contributed by atoms with E-state index in [0.29, 0.717) is 33.7 Å². The van der Waals surface area contributed by atoms with Gasteiger partial charge in [-0.15, -0.1) is 0 Å². The highest BCUT2D eigenvalue weighted by Gasteiger charge is 2.17. The second-order valence-corrected chi connectivity index (χ2v) is 10.6. The summed E-state index contributed by atoms with van der Waals surface area (Å²) in [7, 11) is 0. The molecule has 2 aromatic heterocycles. The first-order chi connectivity index (χ1) is 18.1. The van der Waals surface area contributed by atoms with E-state index in [1.807, 2.05) is 61.5 Å². The molecule has 2 heterocycles. The van der Waals surface area contributed by atoms with Crippen LogP contribution in [0.1, 0.15) is 37.7 Å². The molecule has 0 aliphatic heterocycles. The van der Waals surface area contributed by atoms with Gasteiger partial charge in [0, 0.05) is 29.0 Å². The topological polar surface area (TPSA) is 72.0 Å². The number of hydrogen-bond acceptors (Lipinski definition) is 7. The van der Waals surface area contributed by atoms with Gasteiger partial charge in [-0.05, 0) is 79.7 Å². The van der Waals surface area contributed by atoms with Gasteiger partial charge in [0.15, 0.2) is 5.75 Å². The van der Waals surface area contributed by atoms with E-state index in [0.717, 1.165) is 40.2 Å². The Bertz CT molecular complexity index is 1360. The number of hydrogen-bond donors (Lipinski definition) is 2. The second-order valence-electron chi connectivity index (χ2n) is 8.94. The number of benzene rings is 2. The average Bonchev–Trinajstić information content (AvgIpc) is 2.91. The zero-order valence-electron chi connectivity index (χ0n) is 20.4. The number of aromatic nitrogens is 3. The van der Waals surface area contributed by atoms with E-state index in [-0.39, 0.29) is 0 Å². The van der Waals surface area contributed by atoms with Crippen molar-refractivity contribution >= 4 is 46.8 Å². The molecule has 0 amide bonds. The van der Waals surface area contributed by atoms with Crippen LogP contribution in [0.4, 0.5) is 11.6 Å². The molecule has 0 unspecified atom stereocenters. The Hall–Kier alpha value is -3.00. The molecule has 2 aromatic carbocycles. The van der Waals surface area contributed by atoms with Crippen LogP contribution in [-0.4, -0.2) is 21.0 Å². The molecule has 0 saturated heterocycles. The van der Waals surface area contributed by atoms with Crippen molar-refractivity contribution in [2.45, 2.75) is 50.0 Å². The lowest BCUT2D eigenvalue weighted by atomic mass is 9.96. The minimum atomic E-state index is 0.415. The van der Waals surface area contributed by atoms with Gasteiger partial charge in [0.05, 0.1) is 21.3 Å². The standard InChI is InChI=1S/C28H27Cl2N5OS/c1-18-16-20(35-37-25-12-6-5-11-22(25)29)17-23(30)26(18)36-27-21(10-7-14-31-27)24-13-15-32-28(34-24)33-19-8-3-2-4-9-19/h5-7,10-17,19,35H,2-4,8-9H2,1H3,(H,32,33,34). The van der Waals surface area contributed by atoms with Crippen LogP contribution in [0.2, 0.25) is 10.0 Å². The van der Waals surface area contributed by atoms with Gasteiger partial charge in [-0.1, -0.05) is 54.6 Å². The lowest BCUT2D eigenvalue weighted by molar-refractivity contribution is 0.460. The molecule has 4 aromatic rings. The van der Waals surface area contributed by atoms with E-state index in [9.17, 15) is 0 Å². The fourth-order valence-corrected chi connectivity index (χ4v) is 5.55. The first kappa shape index (κ1) is 25.6. The zero-order chi connectivity index (χ0) is 25.6. The van der Waals surface area contributed by atoms with Crippen LogP contribution in [0.5, 0.6) is 11.6 Å². The lowest BCUT2D eigenvalue weighted by Crippen LogP contribution is -2.23. The molecule has 2 N–H and O–H groups in total. The predicted molar refractivity (Wildman–Crippen MR) is 153 cm³/mol. The van der Waals surface area contributed by atoms with Crippen molar-refractivity contribution in [2.75, 3.05) is 10.0 Å². The van der Waals surface area contributed by atoms with Crippen molar-refractivity contribution in [3.8, 4) is 22.9 Å². The third-order valence-electron chi connectivity index (χ3n) is 6.18. The van der Waals surface area contributed by atoms with Crippen LogP contribution in [-0.2, 0) is 0 Å². The third-order valence-corrected chi connectivity index (χ3v) is 7.82. The fourth-order valence-electron chi connectivity index (χ4n) is 4.33. The first-order valence-electron chi connectivity index (χ1n) is 12.3. The number of nitrogens with one attached hydrogen (secondary N) is 2. The third kappa shape index (κ3) is 6.47. The smallest absolute Gasteiger partial charge is 0.228 e. The Morgan fingerprint density at radius 3 is 2.57 bits per heavy atom. The molecule has 1 saturated carbocycles. The van der Waals surface area contributed by atoms with Crippen LogP contribution < -0.4 is 14.8 Å². The van der Waals surface area contributed by atoms with Crippen molar-refractivity contribution in [3.63, 3.8) is 0 Å². The SMILES string of the molecule is Cc1cc(NSc2ccccc2Cl)cc(Cl)c1Oc1ncccc1-c1ccnc(NC2CCCCC2)n1. The highest BCUT2D eigenvalue weighted by Crippen LogP contribution is 2.39. The summed E-state index contributed by atoms with van der Waals surface area (Å²) in [4.78, 5) is 14.6. The summed E-state index contributed by atoms with van der Waals surface area (Å²) in [5.74, 6) is 1.60. The van der Waals surface area contributed by atoms with E-state index in [1.165, 1.54) is 31.2 Å². The van der Waals surface area contributed by atoms with Gasteiger partial charge in [0.1, 0.15) is 0 Å². The van der Waals surface area contributed by atoms with Crippen molar-refractivity contribution in [3.05, 3.63) is 82.6 Å². The van der Waals surface area contributed by atoms with E-state index in [4.69, 9.17) is 32.9 Å². The number of ether oxygens (including phenoxy) is 1. The molecular formula is C28H27Cl2N5OS. The van der Waals surface area contributed by atoms with Gasteiger partial charge < -0.3 is 14.8 Å². The van der Waals surface area contributed by atoms with Crippen molar-refractivity contribution < 1.29 is 4.74 Å². The van der Waals surface area contributed by atoms with Gasteiger partial charge in [0.2, 0.25) is 11.8 Å². The summed E-state index contributed by atoms with van der Waals surface area (Å²) in [5, 5.41) is 4.65. The molecule has 37 heavy (non-hydrogen) atoms. The molecule has 1 aliphatic carbocycles. The number of anilines is 2. The number of aryl methyl sites for hydroxylation is 1. The molecule has 1 aliphatic rings. The molecule has 0 bridgehead atoms. The monoisotopic (exact) mass is 551 g/mol. The summed E-state index contributed by atoms with van der Waals surface area (Å²) < 4.78 is 9.58. The normalized spacial score (nSPS) is 13.8. The van der Waals surface area contributed by atoms with Crippen LogP contribution in [0, 0.1) is 6.92 Å². The van der Waals surface area contributed by atoms with Gasteiger partial charge in [0.25, 0.3) is 0 Å². The van der Waals surface area contributed by atoms with E-state index in [2.05, 4.69) is 20.0 Å². The molecule has 190 valence electrons. The minimum absolute atomic E-state index is 0.415. The maximum Gasteiger partial charge on any atom is 0.228 e. The Morgan fingerprint density at radius 2 is 1.76 bits per heavy atom. The Labute approximate surface area is 231 Å². The molecule has 9 heteroatoms. The molecule has 0 atom stereocenters. The Morgan fingerprint density at radius 1 is 0.919 bits per heavy atom. The van der Waals surface area contributed by atoms with E-state index < -0.39 is 0 Å². The number of nitrogens with zero attached hydrogens (tertiary/aromatic N) is 3. The Balaban J connectivity index is 1.34. The summed E-state index contributed by atoms with van der Waals surface area (Å²) >= 11 is 14.4. The van der Waals surface area contributed by atoms with Crippen LogP contribution in [0.25, 0.3) is 11.3 Å². The van der Waals surface area contributed by atoms with Crippen LogP contribution in [0.15, 0.2) is 71.9 Å². The highest BCUT2D eigenvalue weighted by atomic mass is 35.5. The largest absolute Gasteiger partial charge is 0.436 e. The lowest BCUT2D eigenvalue weighted by Gasteiger charge is -2.22. The average molecular weight is 553 g/mol. The van der Waals surface area contributed by atoms with E-state index in [1.54, 1.807) is 12.4 Å². The number of halogens is 2.